The highest BCUT2D eigenvalue weighted by atomic mass is 32.2. The number of benzene rings is 1. The van der Waals surface area contributed by atoms with Crippen LogP contribution in [0.2, 0.25) is 0 Å². The molecule has 1 N–H and O–H groups in total. The molecule has 7 nitrogen and oxygen atoms in total. The van der Waals surface area contributed by atoms with Gasteiger partial charge in [-0.05, 0) is 42.6 Å². The summed E-state index contributed by atoms with van der Waals surface area (Å²) in [6, 6.07) is 9.56. The van der Waals surface area contributed by atoms with Gasteiger partial charge in [0.2, 0.25) is 10.0 Å². The van der Waals surface area contributed by atoms with E-state index in [9.17, 15) is 18.0 Å². The zero-order chi connectivity index (χ0) is 20.0. The van der Waals surface area contributed by atoms with Crippen LogP contribution in [0.5, 0.6) is 0 Å². The molecule has 1 aromatic heterocycles. The molecular formula is C18H20N2O5S2. The quantitative estimate of drug-likeness (QED) is 0.561. The fraction of sp³-hybridized carbons (Fsp3) is 0.222. The van der Waals surface area contributed by atoms with Crippen molar-refractivity contribution in [1.82, 2.24) is 4.31 Å². The SMILES string of the molecule is C[C@@H](OC(=O)/C=C/c1cccs1)C(=O)Nc1cccc(S(=O)(=O)N(C)C)c1. The Morgan fingerprint density at radius 2 is 1.96 bits per heavy atom. The van der Waals surface area contributed by atoms with Crippen LogP contribution in [0, 0.1) is 0 Å². The molecule has 0 spiro atoms. The van der Waals surface area contributed by atoms with Gasteiger partial charge in [-0.2, -0.15) is 0 Å². The van der Waals surface area contributed by atoms with Crippen LogP contribution < -0.4 is 5.32 Å². The summed E-state index contributed by atoms with van der Waals surface area (Å²) in [5.41, 5.74) is 0.292. The van der Waals surface area contributed by atoms with Gasteiger partial charge in [0.25, 0.3) is 5.91 Å². The van der Waals surface area contributed by atoms with E-state index >= 15 is 0 Å². The van der Waals surface area contributed by atoms with Crippen molar-refractivity contribution >= 4 is 45.0 Å². The lowest BCUT2D eigenvalue weighted by molar-refractivity contribution is -0.148. The molecule has 0 aliphatic heterocycles. The van der Waals surface area contributed by atoms with Crippen molar-refractivity contribution in [2.45, 2.75) is 17.9 Å². The lowest BCUT2D eigenvalue weighted by Gasteiger charge is -2.14. The zero-order valence-electron chi connectivity index (χ0n) is 15.1. The first-order chi connectivity index (χ1) is 12.7. The number of carbonyl (C=O) groups is 2. The van der Waals surface area contributed by atoms with Gasteiger partial charge in [-0.1, -0.05) is 12.1 Å². The van der Waals surface area contributed by atoms with Crippen LogP contribution in [0.3, 0.4) is 0 Å². The Balaban J connectivity index is 1.99. The van der Waals surface area contributed by atoms with Gasteiger partial charge in [0, 0.05) is 30.7 Å². The number of sulfonamides is 1. The predicted molar refractivity (Wildman–Crippen MR) is 105 cm³/mol. The molecule has 144 valence electrons. The summed E-state index contributed by atoms with van der Waals surface area (Å²) in [5.74, 6) is -1.21. The number of esters is 1. The Bertz CT molecular complexity index is 934. The highest BCUT2D eigenvalue weighted by Crippen LogP contribution is 2.18. The first kappa shape index (κ1) is 20.8. The maximum atomic E-state index is 12.2. The van der Waals surface area contributed by atoms with E-state index in [0.717, 1.165) is 9.18 Å². The third-order valence-corrected chi connectivity index (χ3v) is 6.12. The summed E-state index contributed by atoms with van der Waals surface area (Å²) in [6.07, 6.45) is 1.81. The van der Waals surface area contributed by atoms with Crippen molar-refractivity contribution in [3.05, 3.63) is 52.7 Å². The van der Waals surface area contributed by atoms with E-state index in [1.54, 1.807) is 12.1 Å². The van der Waals surface area contributed by atoms with E-state index in [-0.39, 0.29) is 4.90 Å². The predicted octanol–water partition coefficient (Wildman–Crippen LogP) is 2.58. The van der Waals surface area contributed by atoms with E-state index in [2.05, 4.69) is 5.32 Å². The van der Waals surface area contributed by atoms with Crippen molar-refractivity contribution in [1.29, 1.82) is 0 Å². The van der Waals surface area contributed by atoms with Gasteiger partial charge in [-0.15, -0.1) is 11.3 Å². The Morgan fingerprint density at radius 1 is 1.22 bits per heavy atom. The number of ether oxygens (including phenoxy) is 1. The number of amides is 1. The number of nitrogens with one attached hydrogen (secondary N) is 1. The summed E-state index contributed by atoms with van der Waals surface area (Å²) in [6.45, 7) is 1.44. The molecule has 1 amide bonds. The molecule has 1 heterocycles. The Kier molecular flexibility index (Phi) is 6.89. The largest absolute Gasteiger partial charge is 0.449 e. The smallest absolute Gasteiger partial charge is 0.331 e. The number of thiophene rings is 1. The monoisotopic (exact) mass is 408 g/mol. The lowest BCUT2D eigenvalue weighted by atomic mass is 10.3. The number of hydrogen-bond donors (Lipinski definition) is 1. The van der Waals surface area contributed by atoms with Crippen LogP contribution >= 0.6 is 11.3 Å². The molecule has 27 heavy (non-hydrogen) atoms. The molecule has 1 atom stereocenters. The van der Waals surface area contributed by atoms with Gasteiger partial charge in [-0.3, -0.25) is 4.79 Å². The summed E-state index contributed by atoms with van der Waals surface area (Å²) >= 11 is 1.47. The van der Waals surface area contributed by atoms with Crippen LogP contribution in [-0.2, 0) is 24.3 Å². The third kappa shape index (κ3) is 5.75. The summed E-state index contributed by atoms with van der Waals surface area (Å²) in [4.78, 5) is 24.9. The topological polar surface area (TPSA) is 92.8 Å². The fourth-order valence-corrected chi connectivity index (χ4v) is 3.56. The second kappa shape index (κ2) is 8.94. The summed E-state index contributed by atoms with van der Waals surface area (Å²) in [5, 5.41) is 4.43. The molecule has 2 aromatic rings. The molecule has 0 aliphatic rings. The second-order valence-corrected chi connectivity index (χ2v) is 8.86. The Hall–Kier alpha value is -2.49. The van der Waals surface area contributed by atoms with Crippen LogP contribution in [0.4, 0.5) is 5.69 Å². The van der Waals surface area contributed by atoms with Crippen LogP contribution in [0.15, 0.2) is 52.7 Å². The maximum Gasteiger partial charge on any atom is 0.331 e. The van der Waals surface area contributed by atoms with E-state index in [1.807, 2.05) is 17.5 Å². The molecule has 0 aliphatic carbocycles. The molecule has 0 unspecified atom stereocenters. The Morgan fingerprint density at radius 3 is 2.59 bits per heavy atom. The molecule has 0 saturated carbocycles. The van der Waals surface area contributed by atoms with Gasteiger partial charge < -0.3 is 10.1 Å². The number of hydrogen-bond acceptors (Lipinski definition) is 6. The molecule has 9 heteroatoms. The molecule has 0 saturated heterocycles. The number of anilines is 1. The zero-order valence-corrected chi connectivity index (χ0v) is 16.7. The van der Waals surface area contributed by atoms with Gasteiger partial charge in [0.15, 0.2) is 6.10 Å². The molecule has 1 aromatic carbocycles. The fourth-order valence-electron chi connectivity index (χ4n) is 1.99. The van der Waals surface area contributed by atoms with Gasteiger partial charge in [0.05, 0.1) is 4.90 Å². The van der Waals surface area contributed by atoms with E-state index < -0.39 is 28.0 Å². The van der Waals surface area contributed by atoms with Crippen molar-refractivity contribution < 1.29 is 22.7 Å². The van der Waals surface area contributed by atoms with Crippen molar-refractivity contribution in [3.63, 3.8) is 0 Å². The standard InChI is InChI=1S/C18H20N2O5S2/c1-13(25-17(21)10-9-15-7-5-11-26-15)18(22)19-14-6-4-8-16(12-14)27(23,24)20(2)3/h4-13H,1-3H3,(H,19,22)/b10-9+/t13-/m1/s1. The Labute approximate surface area is 162 Å². The highest BCUT2D eigenvalue weighted by molar-refractivity contribution is 7.89. The third-order valence-electron chi connectivity index (χ3n) is 3.47. The van der Waals surface area contributed by atoms with Gasteiger partial charge in [0.1, 0.15) is 0 Å². The van der Waals surface area contributed by atoms with Crippen molar-refractivity contribution in [2.75, 3.05) is 19.4 Å². The average Bonchev–Trinajstić information content (AvgIpc) is 3.13. The molecular weight excluding hydrogens is 388 g/mol. The molecule has 2 rings (SSSR count). The van der Waals surface area contributed by atoms with E-state index in [1.165, 1.54) is 56.6 Å². The van der Waals surface area contributed by atoms with Crippen molar-refractivity contribution in [3.8, 4) is 0 Å². The normalized spacial score (nSPS) is 12.9. The van der Waals surface area contributed by atoms with Crippen LogP contribution in [0.1, 0.15) is 11.8 Å². The maximum absolute atomic E-state index is 12.2. The molecule has 0 bridgehead atoms. The first-order valence-electron chi connectivity index (χ1n) is 7.96. The molecule has 0 fully saturated rings. The summed E-state index contributed by atoms with van der Waals surface area (Å²) in [7, 11) is -0.770. The van der Waals surface area contributed by atoms with E-state index in [4.69, 9.17) is 4.74 Å². The van der Waals surface area contributed by atoms with E-state index in [0.29, 0.717) is 5.69 Å². The minimum Gasteiger partial charge on any atom is -0.449 e. The lowest BCUT2D eigenvalue weighted by Crippen LogP contribution is -2.29. The second-order valence-electron chi connectivity index (χ2n) is 5.73. The molecule has 0 radical (unpaired) electrons. The highest BCUT2D eigenvalue weighted by Gasteiger charge is 2.20. The first-order valence-corrected chi connectivity index (χ1v) is 10.3. The van der Waals surface area contributed by atoms with Gasteiger partial charge >= 0.3 is 5.97 Å². The van der Waals surface area contributed by atoms with Crippen molar-refractivity contribution in [2.24, 2.45) is 0 Å². The number of carbonyl (C=O) groups excluding carboxylic acids is 2. The summed E-state index contributed by atoms with van der Waals surface area (Å²) < 4.78 is 30.5. The van der Waals surface area contributed by atoms with Gasteiger partial charge in [-0.25, -0.2) is 17.5 Å². The number of nitrogens with zero attached hydrogens (tertiary/aromatic N) is 1. The van der Waals surface area contributed by atoms with Crippen LogP contribution in [-0.4, -0.2) is 44.8 Å². The average molecular weight is 409 g/mol. The minimum absolute atomic E-state index is 0.0498. The minimum atomic E-state index is -3.61. The van der Waals surface area contributed by atoms with Crippen LogP contribution in [0.25, 0.3) is 6.08 Å². The number of rotatable bonds is 7.